The SMILES string of the molecule is CCOC(=O)c1sc(NC(=O)COCC(C)(C)N2C(=O)c3ccccc3C2=O)nc1C. The number of aryl methyl sites for hydroxylation is 1. The van der Waals surface area contributed by atoms with E-state index >= 15 is 0 Å². The van der Waals surface area contributed by atoms with E-state index in [0.717, 1.165) is 16.2 Å². The van der Waals surface area contributed by atoms with Gasteiger partial charge in [-0.2, -0.15) is 0 Å². The summed E-state index contributed by atoms with van der Waals surface area (Å²) in [7, 11) is 0. The van der Waals surface area contributed by atoms with E-state index in [4.69, 9.17) is 9.47 Å². The minimum Gasteiger partial charge on any atom is -0.462 e. The first kappa shape index (κ1) is 22.6. The van der Waals surface area contributed by atoms with Crippen LogP contribution in [0.15, 0.2) is 24.3 Å². The van der Waals surface area contributed by atoms with Gasteiger partial charge in [-0.15, -0.1) is 0 Å². The highest BCUT2D eigenvalue weighted by Gasteiger charge is 2.44. The molecule has 0 atom stereocenters. The van der Waals surface area contributed by atoms with Gasteiger partial charge in [0.25, 0.3) is 17.7 Å². The fourth-order valence-electron chi connectivity index (χ4n) is 3.19. The fraction of sp³-hybridized carbons (Fsp3) is 0.381. The molecule has 0 fully saturated rings. The highest BCUT2D eigenvalue weighted by Crippen LogP contribution is 2.29. The summed E-state index contributed by atoms with van der Waals surface area (Å²) in [5.41, 5.74) is 0.221. The molecule has 1 aliphatic rings. The average Bonchev–Trinajstić information content (AvgIpc) is 3.19. The maximum atomic E-state index is 12.7. The number of rotatable bonds is 8. The van der Waals surface area contributed by atoms with Crippen LogP contribution in [0, 0.1) is 6.92 Å². The summed E-state index contributed by atoms with van der Waals surface area (Å²) in [6.45, 7) is 6.66. The summed E-state index contributed by atoms with van der Waals surface area (Å²) >= 11 is 1.02. The number of esters is 1. The second-order valence-corrected chi connectivity index (χ2v) is 8.50. The van der Waals surface area contributed by atoms with Gasteiger partial charge in [0.1, 0.15) is 11.5 Å². The maximum Gasteiger partial charge on any atom is 0.350 e. The van der Waals surface area contributed by atoms with Gasteiger partial charge in [0, 0.05) is 0 Å². The summed E-state index contributed by atoms with van der Waals surface area (Å²) < 4.78 is 10.4. The van der Waals surface area contributed by atoms with E-state index in [2.05, 4.69) is 10.3 Å². The lowest BCUT2D eigenvalue weighted by molar-refractivity contribution is -0.121. The average molecular weight is 445 g/mol. The molecule has 0 spiro atoms. The molecule has 3 rings (SSSR count). The number of carbonyl (C=O) groups is 4. The molecule has 10 heteroatoms. The van der Waals surface area contributed by atoms with Crippen LogP contribution in [0.25, 0.3) is 0 Å². The summed E-state index contributed by atoms with van der Waals surface area (Å²) in [6, 6.07) is 6.63. The van der Waals surface area contributed by atoms with Crippen LogP contribution in [0.2, 0.25) is 0 Å². The van der Waals surface area contributed by atoms with Crippen molar-refractivity contribution in [2.24, 2.45) is 0 Å². The number of nitrogens with one attached hydrogen (secondary N) is 1. The lowest BCUT2D eigenvalue weighted by atomic mass is 10.0. The Kier molecular flexibility index (Phi) is 6.51. The Balaban J connectivity index is 1.56. The van der Waals surface area contributed by atoms with E-state index < -0.39 is 17.4 Å². The Labute approximate surface area is 183 Å². The molecular formula is C21H23N3O6S. The van der Waals surface area contributed by atoms with E-state index in [0.29, 0.717) is 21.7 Å². The molecule has 31 heavy (non-hydrogen) atoms. The molecule has 1 aromatic heterocycles. The molecule has 1 aliphatic heterocycles. The molecule has 9 nitrogen and oxygen atoms in total. The molecule has 3 amide bonds. The number of fused-ring (bicyclic) bond motifs is 1. The molecule has 1 N–H and O–H groups in total. The number of amides is 3. The predicted octanol–water partition coefficient (Wildman–Crippen LogP) is 2.66. The Hall–Kier alpha value is -3.11. The van der Waals surface area contributed by atoms with Gasteiger partial charge in [-0.05, 0) is 39.8 Å². The van der Waals surface area contributed by atoms with Crippen molar-refractivity contribution in [3.63, 3.8) is 0 Å². The van der Waals surface area contributed by atoms with Gasteiger partial charge >= 0.3 is 5.97 Å². The van der Waals surface area contributed by atoms with Crippen molar-refractivity contribution in [1.29, 1.82) is 0 Å². The van der Waals surface area contributed by atoms with Crippen molar-refractivity contribution in [2.75, 3.05) is 25.1 Å². The molecule has 164 valence electrons. The first-order valence-electron chi connectivity index (χ1n) is 9.65. The predicted molar refractivity (Wildman–Crippen MR) is 113 cm³/mol. The van der Waals surface area contributed by atoms with Crippen LogP contribution < -0.4 is 5.32 Å². The number of imide groups is 1. The van der Waals surface area contributed by atoms with Crippen molar-refractivity contribution in [3.8, 4) is 0 Å². The third-order valence-electron chi connectivity index (χ3n) is 4.59. The molecule has 0 saturated carbocycles. The zero-order valence-corrected chi connectivity index (χ0v) is 18.5. The van der Waals surface area contributed by atoms with Gasteiger partial charge in [0.2, 0.25) is 0 Å². The van der Waals surface area contributed by atoms with Gasteiger partial charge < -0.3 is 9.47 Å². The highest BCUT2D eigenvalue weighted by molar-refractivity contribution is 7.17. The van der Waals surface area contributed by atoms with Gasteiger partial charge in [-0.25, -0.2) is 9.78 Å². The van der Waals surface area contributed by atoms with E-state index in [-0.39, 0.29) is 36.8 Å². The summed E-state index contributed by atoms with van der Waals surface area (Å²) in [5, 5.41) is 2.83. The zero-order valence-electron chi connectivity index (χ0n) is 17.7. The van der Waals surface area contributed by atoms with Crippen LogP contribution in [0.4, 0.5) is 5.13 Å². The number of ether oxygens (including phenoxy) is 2. The van der Waals surface area contributed by atoms with E-state index in [1.807, 2.05) is 0 Å². The quantitative estimate of drug-likeness (QED) is 0.491. The molecular weight excluding hydrogens is 422 g/mol. The number of anilines is 1. The molecule has 0 radical (unpaired) electrons. The molecule has 1 aromatic carbocycles. The van der Waals surface area contributed by atoms with Crippen LogP contribution in [0.3, 0.4) is 0 Å². The Morgan fingerprint density at radius 1 is 1.16 bits per heavy atom. The number of carbonyl (C=O) groups excluding carboxylic acids is 4. The van der Waals surface area contributed by atoms with Gasteiger partial charge in [-0.3, -0.25) is 24.6 Å². The minimum atomic E-state index is -0.956. The van der Waals surface area contributed by atoms with Crippen molar-refractivity contribution in [3.05, 3.63) is 46.0 Å². The van der Waals surface area contributed by atoms with Crippen LogP contribution in [-0.2, 0) is 14.3 Å². The molecule has 0 unspecified atom stereocenters. The van der Waals surface area contributed by atoms with Crippen LogP contribution >= 0.6 is 11.3 Å². The standard InChI is InChI=1S/C21H23N3O6S/c1-5-30-19(28)16-12(2)22-20(31-16)23-15(25)10-29-11-21(3,4)24-17(26)13-8-6-7-9-14(13)18(24)27/h6-9H,5,10-11H2,1-4H3,(H,22,23,25). The Morgan fingerprint density at radius 2 is 1.77 bits per heavy atom. The Bertz CT molecular complexity index is 1010. The molecule has 0 saturated heterocycles. The number of hydrogen-bond donors (Lipinski definition) is 1. The number of aromatic nitrogens is 1. The minimum absolute atomic E-state index is 0.0309. The first-order chi connectivity index (χ1) is 14.7. The van der Waals surface area contributed by atoms with Crippen molar-refractivity contribution in [2.45, 2.75) is 33.2 Å². The van der Waals surface area contributed by atoms with Crippen LogP contribution in [-0.4, -0.2) is 58.9 Å². The van der Waals surface area contributed by atoms with Gasteiger partial charge in [-0.1, -0.05) is 23.5 Å². The number of nitrogens with zero attached hydrogens (tertiary/aromatic N) is 2. The normalized spacial score (nSPS) is 13.4. The van der Waals surface area contributed by atoms with Crippen molar-refractivity contribution in [1.82, 2.24) is 9.88 Å². The van der Waals surface area contributed by atoms with Crippen LogP contribution in [0.5, 0.6) is 0 Å². The highest BCUT2D eigenvalue weighted by atomic mass is 32.1. The smallest absolute Gasteiger partial charge is 0.350 e. The van der Waals surface area contributed by atoms with Gasteiger partial charge in [0.15, 0.2) is 5.13 Å². The van der Waals surface area contributed by atoms with Crippen molar-refractivity contribution < 1.29 is 28.7 Å². The molecule has 2 heterocycles. The number of benzene rings is 1. The third kappa shape index (κ3) is 4.64. The van der Waals surface area contributed by atoms with Crippen LogP contribution in [0.1, 0.15) is 56.9 Å². The lowest BCUT2D eigenvalue weighted by Crippen LogP contribution is -2.50. The monoisotopic (exact) mass is 445 g/mol. The van der Waals surface area contributed by atoms with Crippen molar-refractivity contribution >= 4 is 40.2 Å². The third-order valence-corrected chi connectivity index (χ3v) is 5.64. The number of hydrogen-bond acceptors (Lipinski definition) is 8. The zero-order chi connectivity index (χ0) is 22.8. The first-order valence-corrected chi connectivity index (χ1v) is 10.5. The molecule has 0 aliphatic carbocycles. The summed E-state index contributed by atoms with van der Waals surface area (Å²) in [6.07, 6.45) is 0. The molecule has 2 aromatic rings. The maximum absolute atomic E-state index is 12.7. The van der Waals surface area contributed by atoms with E-state index in [1.54, 1.807) is 52.0 Å². The largest absolute Gasteiger partial charge is 0.462 e. The van der Waals surface area contributed by atoms with Gasteiger partial charge in [0.05, 0.1) is 35.6 Å². The lowest BCUT2D eigenvalue weighted by Gasteiger charge is -2.33. The number of thiazole rings is 1. The summed E-state index contributed by atoms with van der Waals surface area (Å²) in [5.74, 6) is -1.73. The molecule has 0 bridgehead atoms. The topological polar surface area (TPSA) is 115 Å². The second kappa shape index (κ2) is 8.94. The van der Waals surface area contributed by atoms with E-state index in [1.165, 1.54) is 0 Å². The Morgan fingerprint density at radius 3 is 2.35 bits per heavy atom. The summed E-state index contributed by atoms with van der Waals surface area (Å²) in [4.78, 5) is 55.0. The second-order valence-electron chi connectivity index (χ2n) is 7.50. The fourth-order valence-corrected chi connectivity index (χ4v) is 4.06. The van der Waals surface area contributed by atoms with E-state index in [9.17, 15) is 19.2 Å².